The number of benzene rings is 2. The Hall–Kier alpha value is -2.48. The molecule has 0 heterocycles. The Morgan fingerprint density at radius 2 is 2.00 bits per heavy atom. The summed E-state index contributed by atoms with van der Waals surface area (Å²) in [5, 5.41) is 13.4. The first-order valence-corrected chi connectivity index (χ1v) is 7.48. The summed E-state index contributed by atoms with van der Waals surface area (Å²) in [6.07, 6.45) is 0. The van der Waals surface area contributed by atoms with Gasteiger partial charge in [-0.15, -0.1) is 11.8 Å². The van der Waals surface area contributed by atoms with E-state index in [0.29, 0.717) is 5.56 Å². The molecule has 8 heteroatoms. The monoisotopic (exact) mass is 338 g/mol. The van der Waals surface area contributed by atoms with Crippen LogP contribution in [0.4, 0.5) is 20.2 Å². The van der Waals surface area contributed by atoms with Gasteiger partial charge in [0.05, 0.1) is 10.7 Å². The number of hydrogen-bond donors (Lipinski definition) is 1. The first-order valence-electron chi connectivity index (χ1n) is 6.49. The number of carbonyl (C=O) groups excluding carboxylic acids is 1. The lowest BCUT2D eigenvalue weighted by Gasteiger charge is -2.07. The van der Waals surface area contributed by atoms with E-state index in [9.17, 15) is 23.7 Å². The largest absolute Gasteiger partial charge is 0.325 e. The number of hydrogen-bond acceptors (Lipinski definition) is 4. The zero-order valence-electron chi connectivity index (χ0n) is 12.0. The van der Waals surface area contributed by atoms with Gasteiger partial charge in [-0.1, -0.05) is 6.07 Å². The number of anilines is 1. The number of thioether (sulfide) groups is 1. The van der Waals surface area contributed by atoms with E-state index < -0.39 is 22.5 Å². The number of nitrogens with zero attached hydrogens (tertiary/aromatic N) is 1. The molecule has 1 amide bonds. The zero-order valence-corrected chi connectivity index (χ0v) is 12.8. The van der Waals surface area contributed by atoms with Crippen molar-refractivity contribution in [2.45, 2.75) is 11.8 Å². The molecule has 0 aliphatic rings. The highest BCUT2D eigenvalue weighted by atomic mass is 32.2. The number of nitro groups is 1. The van der Waals surface area contributed by atoms with Gasteiger partial charge in [-0.2, -0.15) is 0 Å². The first kappa shape index (κ1) is 16.9. The molecule has 120 valence electrons. The topological polar surface area (TPSA) is 72.2 Å². The van der Waals surface area contributed by atoms with Gasteiger partial charge in [0.15, 0.2) is 0 Å². The summed E-state index contributed by atoms with van der Waals surface area (Å²) in [6, 6.07) is 7.43. The minimum absolute atomic E-state index is 0.0972. The van der Waals surface area contributed by atoms with Crippen LogP contribution < -0.4 is 5.32 Å². The van der Waals surface area contributed by atoms with E-state index in [-0.39, 0.29) is 22.0 Å². The zero-order chi connectivity index (χ0) is 17.0. The van der Waals surface area contributed by atoms with Gasteiger partial charge in [-0.25, -0.2) is 8.78 Å². The van der Waals surface area contributed by atoms with Gasteiger partial charge in [-0.3, -0.25) is 14.9 Å². The molecule has 0 aromatic heterocycles. The third-order valence-electron chi connectivity index (χ3n) is 2.94. The van der Waals surface area contributed by atoms with E-state index in [1.807, 2.05) is 0 Å². The standard InChI is InChI=1S/C15H12F2N2O3S/c1-9-2-4-11(7-13(9)19(21)22)18-15(20)8-23-14-5-3-10(16)6-12(14)17/h2-7H,8H2,1H3,(H,18,20). The lowest BCUT2D eigenvalue weighted by molar-refractivity contribution is -0.385. The number of nitro benzene ring substituents is 1. The maximum atomic E-state index is 13.4. The van der Waals surface area contributed by atoms with Crippen LogP contribution >= 0.6 is 11.8 Å². The van der Waals surface area contributed by atoms with Crippen LogP contribution in [0.2, 0.25) is 0 Å². The van der Waals surface area contributed by atoms with Gasteiger partial charge in [0.25, 0.3) is 5.69 Å². The normalized spacial score (nSPS) is 10.4. The Morgan fingerprint density at radius 1 is 1.26 bits per heavy atom. The van der Waals surface area contributed by atoms with E-state index in [4.69, 9.17) is 0 Å². The van der Waals surface area contributed by atoms with Crippen molar-refractivity contribution in [3.63, 3.8) is 0 Å². The second kappa shape index (κ2) is 7.19. The molecule has 0 saturated heterocycles. The number of nitrogens with one attached hydrogen (secondary N) is 1. The van der Waals surface area contributed by atoms with Gasteiger partial charge >= 0.3 is 0 Å². The second-order valence-electron chi connectivity index (χ2n) is 4.67. The number of rotatable bonds is 5. The molecule has 0 unspecified atom stereocenters. The third kappa shape index (κ3) is 4.49. The molecule has 5 nitrogen and oxygen atoms in total. The van der Waals surface area contributed by atoms with E-state index in [1.165, 1.54) is 18.2 Å². The quantitative estimate of drug-likeness (QED) is 0.510. The Morgan fingerprint density at radius 3 is 2.65 bits per heavy atom. The Balaban J connectivity index is 2.00. The maximum Gasteiger partial charge on any atom is 0.274 e. The molecule has 0 radical (unpaired) electrons. The SMILES string of the molecule is Cc1ccc(NC(=O)CSc2ccc(F)cc2F)cc1[N+](=O)[O-]. The van der Waals surface area contributed by atoms with Crippen molar-refractivity contribution in [1.29, 1.82) is 0 Å². The number of aryl methyl sites for hydroxylation is 1. The van der Waals surface area contributed by atoms with Gasteiger partial charge in [-0.05, 0) is 25.1 Å². The summed E-state index contributed by atoms with van der Waals surface area (Å²) in [4.78, 5) is 22.3. The van der Waals surface area contributed by atoms with Gasteiger partial charge in [0.2, 0.25) is 5.91 Å². The molecule has 2 rings (SSSR count). The summed E-state index contributed by atoms with van der Waals surface area (Å²) in [7, 11) is 0. The molecule has 23 heavy (non-hydrogen) atoms. The van der Waals surface area contributed by atoms with Crippen molar-refractivity contribution < 1.29 is 18.5 Å². The molecule has 0 saturated carbocycles. The van der Waals surface area contributed by atoms with Gasteiger partial charge in [0.1, 0.15) is 11.6 Å². The number of amides is 1. The number of carbonyl (C=O) groups is 1. The molecule has 0 bridgehead atoms. The van der Waals surface area contributed by atoms with Crippen molar-refractivity contribution in [2.75, 3.05) is 11.1 Å². The van der Waals surface area contributed by atoms with Crippen LogP contribution in [0.5, 0.6) is 0 Å². The fourth-order valence-electron chi connectivity index (χ4n) is 1.82. The van der Waals surface area contributed by atoms with Crippen LogP contribution in [0, 0.1) is 28.7 Å². The van der Waals surface area contributed by atoms with Crippen LogP contribution in [0.1, 0.15) is 5.56 Å². The molecular formula is C15H12F2N2O3S. The lowest BCUT2D eigenvalue weighted by atomic mass is 10.2. The second-order valence-corrected chi connectivity index (χ2v) is 5.69. The Bertz CT molecular complexity index is 768. The van der Waals surface area contributed by atoms with Crippen LogP contribution in [-0.2, 0) is 4.79 Å². The fourth-order valence-corrected chi connectivity index (χ4v) is 2.54. The first-order chi connectivity index (χ1) is 10.9. The fraction of sp³-hybridized carbons (Fsp3) is 0.133. The van der Waals surface area contributed by atoms with Crippen LogP contribution in [0.3, 0.4) is 0 Å². The third-order valence-corrected chi connectivity index (χ3v) is 3.99. The van der Waals surface area contributed by atoms with E-state index >= 15 is 0 Å². The molecule has 0 aliphatic heterocycles. The van der Waals surface area contributed by atoms with Crippen LogP contribution in [0.15, 0.2) is 41.3 Å². The van der Waals surface area contributed by atoms with E-state index in [0.717, 1.165) is 23.9 Å². The van der Waals surface area contributed by atoms with Gasteiger partial charge in [0, 0.05) is 28.3 Å². The molecule has 1 N–H and O–H groups in total. The smallest absolute Gasteiger partial charge is 0.274 e. The highest BCUT2D eigenvalue weighted by Gasteiger charge is 2.13. The molecule has 0 fully saturated rings. The van der Waals surface area contributed by atoms with E-state index in [1.54, 1.807) is 13.0 Å². The average molecular weight is 338 g/mol. The lowest BCUT2D eigenvalue weighted by Crippen LogP contribution is -2.14. The van der Waals surface area contributed by atoms with Crippen LogP contribution in [-0.4, -0.2) is 16.6 Å². The molecule has 0 atom stereocenters. The summed E-state index contributed by atoms with van der Waals surface area (Å²) in [6.45, 7) is 1.59. The van der Waals surface area contributed by atoms with Crippen LogP contribution in [0.25, 0.3) is 0 Å². The molecule has 0 aliphatic carbocycles. The molecular weight excluding hydrogens is 326 g/mol. The Kier molecular flexibility index (Phi) is 5.28. The van der Waals surface area contributed by atoms with Crippen molar-refractivity contribution >= 4 is 29.0 Å². The maximum absolute atomic E-state index is 13.4. The average Bonchev–Trinajstić information content (AvgIpc) is 2.48. The molecule has 0 spiro atoms. The van der Waals surface area contributed by atoms with Crippen molar-refractivity contribution in [2.24, 2.45) is 0 Å². The summed E-state index contributed by atoms with van der Waals surface area (Å²) >= 11 is 0.909. The molecule has 2 aromatic rings. The minimum Gasteiger partial charge on any atom is -0.325 e. The highest BCUT2D eigenvalue weighted by Crippen LogP contribution is 2.24. The van der Waals surface area contributed by atoms with Crippen molar-refractivity contribution in [3.8, 4) is 0 Å². The van der Waals surface area contributed by atoms with Gasteiger partial charge < -0.3 is 5.32 Å². The van der Waals surface area contributed by atoms with Crippen molar-refractivity contribution in [3.05, 3.63) is 63.7 Å². The molecule has 2 aromatic carbocycles. The predicted octanol–water partition coefficient (Wildman–Crippen LogP) is 3.91. The van der Waals surface area contributed by atoms with E-state index in [2.05, 4.69) is 5.32 Å². The summed E-state index contributed by atoms with van der Waals surface area (Å²) in [5.74, 6) is -1.99. The Labute approximate surface area is 134 Å². The number of halogens is 2. The summed E-state index contributed by atoms with van der Waals surface area (Å²) in [5.41, 5.74) is 0.670. The highest BCUT2D eigenvalue weighted by molar-refractivity contribution is 8.00. The minimum atomic E-state index is -0.742. The predicted molar refractivity (Wildman–Crippen MR) is 83.5 cm³/mol. The van der Waals surface area contributed by atoms with Crippen molar-refractivity contribution in [1.82, 2.24) is 0 Å². The summed E-state index contributed by atoms with van der Waals surface area (Å²) < 4.78 is 26.2.